The van der Waals surface area contributed by atoms with Crippen LogP contribution in [0.4, 0.5) is 10.5 Å². The third-order valence-corrected chi connectivity index (χ3v) is 4.92. The van der Waals surface area contributed by atoms with Crippen LogP contribution in [0.25, 0.3) is 0 Å². The molecule has 4 nitrogen and oxygen atoms in total. The summed E-state index contributed by atoms with van der Waals surface area (Å²) in [4.78, 5) is 16.4. The number of hydrogen-bond acceptors (Lipinski definition) is 2. The van der Waals surface area contributed by atoms with Crippen molar-refractivity contribution in [3.8, 4) is 0 Å². The van der Waals surface area contributed by atoms with E-state index in [-0.39, 0.29) is 6.03 Å². The highest BCUT2D eigenvalue weighted by Crippen LogP contribution is 2.29. The number of carbonyl (C=O) groups excluding carboxylic acids is 1. The average molecular weight is 378 g/mol. The van der Waals surface area contributed by atoms with Gasteiger partial charge in [-0.05, 0) is 30.7 Å². The molecule has 0 atom stereocenters. The van der Waals surface area contributed by atoms with Gasteiger partial charge in [-0.25, -0.2) is 4.79 Å². The molecule has 1 aliphatic rings. The predicted octanol–water partition coefficient (Wildman–Crippen LogP) is 4.33. The first-order valence-corrected chi connectivity index (χ1v) is 9.07. The largest absolute Gasteiger partial charge is 0.367 e. The fourth-order valence-electron chi connectivity index (χ4n) is 2.88. The van der Waals surface area contributed by atoms with Crippen molar-refractivity contribution in [3.05, 3.63) is 63.6 Å². The van der Waals surface area contributed by atoms with Crippen LogP contribution in [0.1, 0.15) is 11.1 Å². The van der Waals surface area contributed by atoms with Crippen molar-refractivity contribution in [2.24, 2.45) is 0 Å². The van der Waals surface area contributed by atoms with E-state index in [1.54, 1.807) is 6.07 Å². The van der Waals surface area contributed by atoms with Gasteiger partial charge in [0.2, 0.25) is 0 Å². The Bertz CT molecular complexity index is 741. The molecule has 1 aliphatic heterocycles. The molecule has 1 saturated heterocycles. The zero-order chi connectivity index (χ0) is 17.8. The Balaban J connectivity index is 1.51. The number of nitrogens with zero attached hydrogens (tertiary/aromatic N) is 2. The van der Waals surface area contributed by atoms with Crippen LogP contribution in [0.2, 0.25) is 10.0 Å². The summed E-state index contributed by atoms with van der Waals surface area (Å²) in [6, 6.07) is 13.7. The van der Waals surface area contributed by atoms with E-state index in [1.807, 2.05) is 29.2 Å². The van der Waals surface area contributed by atoms with Crippen LogP contribution in [0, 0.1) is 6.92 Å². The van der Waals surface area contributed by atoms with Crippen LogP contribution < -0.4 is 10.2 Å². The highest BCUT2D eigenvalue weighted by atomic mass is 35.5. The smallest absolute Gasteiger partial charge is 0.317 e. The Labute approximate surface area is 158 Å². The van der Waals surface area contributed by atoms with Crippen LogP contribution in [0.5, 0.6) is 0 Å². The maximum atomic E-state index is 12.3. The van der Waals surface area contributed by atoms with Gasteiger partial charge < -0.3 is 15.1 Å². The third-order valence-electron chi connectivity index (χ3n) is 4.38. The van der Waals surface area contributed by atoms with Crippen molar-refractivity contribution in [1.29, 1.82) is 0 Å². The van der Waals surface area contributed by atoms with Gasteiger partial charge in [-0.2, -0.15) is 0 Å². The lowest BCUT2D eigenvalue weighted by Gasteiger charge is -2.36. The number of nitrogens with one attached hydrogen (secondary N) is 1. The van der Waals surface area contributed by atoms with Crippen LogP contribution in [0.15, 0.2) is 42.5 Å². The molecule has 1 fully saturated rings. The first-order valence-electron chi connectivity index (χ1n) is 8.31. The summed E-state index contributed by atoms with van der Waals surface area (Å²) in [7, 11) is 0. The minimum Gasteiger partial charge on any atom is -0.367 e. The van der Waals surface area contributed by atoms with Gasteiger partial charge in [0, 0.05) is 37.7 Å². The minimum atomic E-state index is -0.0255. The van der Waals surface area contributed by atoms with Crippen LogP contribution in [-0.4, -0.2) is 37.1 Å². The summed E-state index contributed by atoms with van der Waals surface area (Å²) in [5, 5.41) is 4.26. The second-order valence-electron chi connectivity index (χ2n) is 6.21. The highest BCUT2D eigenvalue weighted by molar-refractivity contribution is 6.36. The SMILES string of the molecule is Cc1ccc(CNC(=O)N2CCN(c3ccc(Cl)cc3Cl)CC2)cc1. The predicted molar refractivity (Wildman–Crippen MR) is 104 cm³/mol. The van der Waals surface area contributed by atoms with E-state index >= 15 is 0 Å². The Morgan fingerprint density at radius 1 is 1.04 bits per heavy atom. The molecule has 6 heteroatoms. The monoisotopic (exact) mass is 377 g/mol. The minimum absolute atomic E-state index is 0.0255. The number of aryl methyl sites for hydroxylation is 1. The number of piperazine rings is 1. The lowest BCUT2D eigenvalue weighted by atomic mass is 10.1. The first kappa shape index (κ1) is 17.9. The number of hydrogen-bond donors (Lipinski definition) is 1. The molecular formula is C19H21Cl2N3O. The molecule has 0 unspecified atom stereocenters. The van der Waals surface area contributed by atoms with Crippen molar-refractivity contribution in [3.63, 3.8) is 0 Å². The van der Waals surface area contributed by atoms with E-state index in [0.29, 0.717) is 29.7 Å². The van der Waals surface area contributed by atoms with Gasteiger partial charge >= 0.3 is 6.03 Å². The summed E-state index contributed by atoms with van der Waals surface area (Å²) >= 11 is 12.2. The Morgan fingerprint density at radius 2 is 1.72 bits per heavy atom. The van der Waals surface area contributed by atoms with Crippen molar-refractivity contribution in [2.75, 3.05) is 31.1 Å². The molecule has 25 heavy (non-hydrogen) atoms. The quantitative estimate of drug-likeness (QED) is 0.863. The summed E-state index contributed by atoms with van der Waals surface area (Å²) < 4.78 is 0. The van der Waals surface area contributed by atoms with E-state index < -0.39 is 0 Å². The third kappa shape index (κ3) is 4.59. The van der Waals surface area contributed by atoms with Gasteiger partial charge in [0.15, 0.2) is 0 Å². The second-order valence-corrected chi connectivity index (χ2v) is 7.06. The van der Waals surface area contributed by atoms with E-state index in [4.69, 9.17) is 23.2 Å². The number of benzene rings is 2. The summed E-state index contributed by atoms with van der Waals surface area (Å²) in [6.45, 7) is 5.42. The van der Waals surface area contributed by atoms with Gasteiger partial charge in [-0.3, -0.25) is 0 Å². The molecular weight excluding hydrogens is 357 g/mol. The van der Waals surface area contributed by atoms with E-state index in [2.05, 4.69) is 29.3 Å². The number of halogens is 2. The van der Waals surface area contributed by atoms with E-state index in [9.17, 15) is 4.79 Å². The summed E-state index contributed by atoms with van der Waals surface area (Å²) in [6.07, 6.45) is 0. The molecule has 0 aromatic heterocycles. The molecule has 3 rings (SSSR count). The zero-order valence-electron chi connectivity index (χ0n) is 14.1. The molecule has 2 aromatic rings. The molecule has 0 bridgehead atoms. The molecule has 0 saturated carbocycles. The van der Waals surface area contributed by atoms with Gasteiger partial charge in [-0.1, -0.05) is 53.0 Å². The number of urea groups is 1. The molecule has 0 spiro atoms. The van der Waals surface area contributed by atoms with Crippen molar-refractivity contribution >= 4 is 34.9 Å². The summed E-state index contributed by atoms with van der Waals surface area (Å²) in [5.41, 5.74) is 3.28. The fourth-order valence-corrected chi connectivity index (χ4v) is 3.41. The number of amides is 2. The Morgan fingerprint density at radius 3 is 2.36 bits per heavy atom. The van der Waals surface area contributed by atoms with Crippen LogP contribution in [-0.2, 0) is 6.54 Å². The standard InChI is InChI=1S/C19H21Cl2N3O/c1-14-2-4-15(5-3-14)13-22-19(25)24-10-8-23(9-11-24)18-7-6-16(20)12-17(18)21/h2-7,12H,8-11,13H2,1H3,(H,22,25). The average Bonchev–Trinajstić information content (AvgIpc) is 2.61. The molecule has 2 aromatic carbocycles. The molecule has 132 valence electrons. The molecule has 1 N–H and O–H groups in total. The molecule has 0 aliphatic carbocycles. The zero-order valence-corrected chi connectivity index (χ0v) is 15.6. The number of rotatable bonds is 3. The second kappa shape index (κ2) is 7.98. The molecule has 1 heterocycles. The topological polar surface area (TPSA) is 35.6 Å². The lowest BCUT2D eigenvalue weighted by molar-refractivity contribution is 0.194. The van der Waals surface area contributed by atoms with Gasteiger partial charge in [-0.15, -0.1) is 0 Å². The molecule has 0 radical (unpaired) electrons. The normalized spacial score (nSPS) is 14.5. The maximum Gasteiger partial charge on any atom is 0.317 e. The molecule has 2 amide bonds. The van der Waals surface area contributed by atoms with E-state index in [0.717, 1.165) is 24.3 Å². The number of carbonyl (C=O) groups is 1. The maximum absolute atomic E-state index is 12.3. The van der Waals surface area contributed by atoms with Gasteiger partial charge in [0.05, 0.1) is 10.7 Å². The van der Waals surface area contributed by atoms with Crippen LogP contribution in [0.3, 0.4) is 0 Å². The lowest BCUT2D eigenvalue weighted by Crippen LogP contribution is -2.51. The Kier molecular flexibility index (Phi) is 5.71. The van der Waals surface area contributed by atoms with E-state index in [1.165, 1.54) is 5.56 Å². The highest BCUT2D eigenvalue weighted by Gasteiger charge is 2.22. The van der Waals surface area contributed by atoms with Crippen molar-refractivity contribution in [2.45, 2.75) is 13.5 Å². The van der Waals surface area contributed by atoms with Crippen LogP contribution >= 0.6 is 23.2 Å². The van der Waals surface area contributed by atoms with Gasteiger partial charge in [0.1, 0.15) is 0 Å². The van der Waals surface area contributed by atoms with Gasteiger partial charge in [0.25, 0.3) is 0 Å². The Hall–Kier alpha value is -1.91. The first-order chi connectivity index (χ1) is 12.0. The summed E-state index contributed by atoms with van der Waals surface area (Å²) in [5.74, 6) is 0. The number of anilines is 1. The van der Waals surface area contributed by atoms with Crippen molar-refractivity contribution < 1.29 is 4.79 Å². The fraction of sp³-hybridized carbons (Fsp3) is 0.316. The van der Waals surface area contributed by atoms with Crippen molar-refractivity contribution in [1.82, 2.24) is 10.2 Å².